The molecule has 0 aliphatic rings. The van der Waals surface area contributed by atoms with Gasteiger partial charge in [0, 0.05) is 18.8 Å². The number of anilines is 1. The van der Waals surface area contributed by atoms with Crippen LogP contribution in [0.1, 0.15) is 15.2 Å². The third-order valence-corrected chi connectivity index (χ3v) is 3.74. The second-order valence-electron chi connectivity index (χ2n) is 4.50. The molecule has 3 heterocycles. The number of ether oxygens (including phenoxy) is 1. The highest BCUT2D eigenvalue weighted by Gasteiger charge is 2.13. The molecule has 3 aromatic heterocycles. The minimum absolute atomic E-state index is 0.262. The standard InChI is InChI=1S/C15H13N5O2S/c16-6-13-12(9-19-23-13)15(21)20-10-3-4-14(18-7-10)22-11-2-1-5-17-8-11/h1-5,7-9H,6,16H2,(H,20,21). The van der Waals surface area contributed by atoms with Crippen LogP contribution in [0.25, 0.3) is 0 Å². The lowest BCUT2D eigenvalue weighted by Crippen LogP contribution is -2.14. The summed E-state index contributed by atoms with van der Waals surface area (Å²) in [5, 5.41) is 2.75. The number of carbonyl (C=O) groups is 1. The van der Waals surface area contributed by atoms with Crippen LogP contribution in [0.15, 0.2) is 49.1 Å². The molecule has 0 fully saturated rings. The van der Waals surface area contributed by atoms with E-state index < -0.39 is 0 Å². The van der Waals surface area contributed by atoms with Gasteiger partial charge in [0.1, 0.15) is 5.75 Å². The summed E-state index contributed by atoms with van der Waals surface area (Å²) in [6.45, 7) is 0.281. The van der Waals surface area contributed by atoms with Crippen LogP contribution in [0, 0.1) is 0 Å². The van der Waals surface area contributed by atoms with Gasteiger partial charge in [0.25, 0.3) is 5.91 Å². The minimum Gasteiger partial charge on any atom is -0.437 e. The molecule has 0 atom stereocenters. The molecule has 0 radical (unpaired) electrons. The smallest absolute Gasteiger partial charge is 0.258 e. The Balaban J connectivity index is 1.67. The van der Waals surface area contributed by atoms with Crippen LogP contribution in [0.4, 0.5) is 5.69 Å². The fraction of sp³-hybridized carbons (Fsp3) is 0.0667. The van der Waals surface area contributed by atoms with Crippen LogP contribution < -0.4 is 15.8 Å². The molecule has 1 amide bonds. The maximum absolute atomic E-state index is 12.2. The van der Waals surface area contributed by atoms with E-state index in [1.807, 2.05) is 0 Å². The van der Waals surface area contributed by atoms with Crippen LogP contribution in [-0.4, -0.2) is 20.2 Å². The molecule has 116 valence electrons. The van der Waals surface area contributed by atoms with Gasteiger partial charge in [0.15, 0.2) is 0 Å². The third kappa shape index (κ3) is 3.68. The maximum atomic E-state index is 12.2. The lowest BCUT2D eigenvalue weighted by molar-refractivity contribution is 0.102. The first-order chi connectivity index (χ1) is 11.3. The summed E-state index contributed by atoms with van der Waals surface area (Å²) in [4.78, 5) is 21.0. The van der Waals surface area contributed by atoms with Crippen molar-refractivity contribution in [3.8, 4) is 11.6 Å². The normalized spacial score (nSPS) is 10.3. The van der Waals surface area contributed by atoms with Gasteiger partial charge in [-0.2, -0.15) is 0 Å². The second kappa shape index (κ2) is 6.95. The highest BCUT2D eigenvalue weighted by Crippen LogP contribution is 2.20. The van der Waals surface area contributed by atoms with Crippen molar-refractivity contribution in [2.45, 2.75) is 6.54 Å². The SMILES string of the molecule is NCc1sncc1C(=O)Nc1ccc(Oc2cccnc2)nc1. The molecule has 0 saturated heterocycles. The molecule has 3 aromatic rings. The number of amides is 1. The lowest BCUT2D eigenvalue weighted by atomic mass is 10.2. The van der Waals surface area contributed by atoms with E-state index in [2.05, 4.69) is 19.7 Å². The van der Waals surface area contributed by atoms with Gasteiger partial charge >= 0.3 is 0 Å². The van der Waals surface area contributed by atoms with E-state index in [4.69, 9.17) is 10.5 Å². The molecule has 0 unspecified atom stereocenters. The Hall–Kier alpha value is -2.84. The largest absolute Gasteiger partial charge is 0.437 e. The van der Waals surface area contributed by atoms with Gasteiger partial charge in [-0.05, 0) is 29.7 Å². The van der Waals surface area contributed by atoms with Crippen molar-refractivity contribution < 1.29 is 9.53 Å². The van der Waals surface area contributed by atoms with Gasteiger partial charge in [-0.3, -0.25) is 9.78 Å². The molecule has 3 N–H and O–H groups in total. The van der Waals surface area contributed by atoms with Crippen molar-refractivity contribution in [3.05, 3.63) is 59.5 Å². The molecule has 8 heteroatoms. The van der Waals surface area contributed by atoms with Crippen molar-refractivity contribution in [2.24, 2.45) is 5.73 Å². The first kappa shape index (κ1) is 15.1. The molecule has 0 saturated carbocycles. The zero-order chi connectivity index (χ0) is 16.1. The predicted molar refractivity (Wildman–Crippen MR) is 86.5 cm³/mol. The average molecular weight is 327 g/mol. The van der Waals surface area contributed by atoms with E-state index in [9.17, 15) is 4.79 Å². The minimum atomic E-state index is -0.262. The van der Waals surface area contributed by atoms with E-state index in [-0.39, 0.29) is 12.5 Å². The summed E-state index contributed by atoms with van der Waals surface area (Å²) in [5.74, 6) is 0.742. The predicted octanol–water partition coefficient (Wildman–Crippen LogP) is 2.44. The molecule has 0 bridgehead atoms. The summed E-state index contributed by atoms with van der Waals surface area (Å²) in [7, 11) is 0. The molecule has 0 aliphatic carbocycles. The number of nitrogens with zero attached hydrogens (tertiary/aromatic N) is 3. The van der Waals surface area contributed by atoms with E-state index in [0.29, 0.717) is 22.9 Å². The lowest BCUT2D eigenvalue weighted by Gasteiger charge is -2.07. The monoisotopic (exact) mass is 327 g/mol. The number of carbonyl (C=O) groups excluding carboxylic acids is 1. The average Bonchev–Trinajstić information content (AvgIpc) is 3.06. The number of rotatable bonds is 5. The van der Waals surface area contributed by atoms with Gasteiger partial charge in [-0.15, -0.1) is 0 Å². The summed E-state index contributed by atoms with van der Waals surface area (Å²) in [6, 6.07) is 6.92. The van der Waals surface area contributed by atoms with E-state index in [0.717, 1.165) is 4.88 Å². The molecule has 0 spiro atoms. The Labute approximate surface area is 136 Å². The van der Waals surface area contributed by atoms with Crippen molar-refractivity contribution >= 4 is 23.1 Å². The highest BCUT2D eigenvalue weighted by molar-refractivity contribution is 7.06. The highest BCUT2D eigenvalue weighted by atomic mass is 32.1. The van der Waals surface area contributed by atoms with E-state index >= 15 is 0 Å². The van der Waals surface area contributed by atoms with E-state index in [1.54, 1.807) is 36.7 Å². The quantitative estimate of drug-likeness (QED) is 0.746. The number of hydrogen-bond donors (Lipinski definition) is 2. The number of aromatic nitrogens is 3. The van der Waals surface area contributed by atoms with Crippen LogP contribution in [0.3, 0.4) is 0 Å². The van der Waals surface area contributed by atoms with E-state index in [1.165, 1.54) is 23.9 Å². The molecule has 0 aliphatic heterocycles. The fourth-order valence-electron chi connectivity index (χ4n) is 1.84. The first-order valence-electron chi connectivity index (χ1n) is 6.75. The first-order valence-corrected chi connectivity index (χ1v) is 7.52. The van der Waals surface area contributed by atoms with Gasteiger partial charge < -0.3 is 15.8 Å². The Bertz CT molecular complexity index is 789. The Morgan fingerprint density at radius 3 is 2.87 bits per heavy atom. The van der Waals surface area contributed by atoms with Crippen molar-refractivity contribution in [1.82, 2.24) is 14.3 Å². The van der Waals surface area contributed by atoms with Crippen LogP contribution in [-0.2, 0) is 6.54 Å². The molecule has 3 rings (SSSR count). The van der Waals surface area contributed by atoms with Crippen molar-refractivity contribution in [2.75, 3.05) is 5.32 Å². The Morgan fingerprint density at radius 1 is 1.26 bits per heavy atom. The zero-order valence-electron chi connectivity index (χ0n) is 12.0. The molecular weight excluding hydrogens is 314 g/mol. The molecule has 0 aromatic carbocycles. The summed E-state index contributed by atoms with van der Waals surface area (Å²) in [5.41, 5.74) is 6.61. The second-order valence-corrected chi connectivity index (χ2v) is 5.38. The number of nitrogens with one attached hydrogen (secondary N) is 1. The van der Waals surface area contributed by atoms with Crippen LogP contribution in [0.5, 0.6) is 11.6 Å². The summed E-state index contributed by atoms with van der Waals surface area (Å²) in [6.07, 6.45) is 6.28. The summed E-state index contributed by atoms with van der Waals surface area (Å²) < 4.78 is 9.51. The molecule has 7 nitrogen and oxygen atoms in total. The van der Waals surface area contributed by atoms with Gasteiger partial charge in [-0.1, -0.05) is 0 Å². The Kier molecular flexibility index (Phi) is 4.55. The van der Waals surface area contributed by atoms with Gasteiger partial charge in [0.2, 0.25) is 5.88 Å². The zero-order valence-corrected chi connectivity index (χ0v) is 12.8. The third-order valence-electron chi connectivity index (χ3n) is 2.93. The number of hydrogen-bond acceptors (Lipinski definition) is 7. The molecule has 23 heavy (non-hydrogen) atoms. The molecular formula is C15H13N5O2S. The van der Waals surface area contributed by atoms with Gasteiger partial charge in [0.05, 0.1) is 34.7 Å². The Morgan fingerprint density at radius 2 is 2.17 bits per heavy atom. The number of pyridine rings is 2. The van der Waals surface area contributed by atoms with Gasteiger partial charge in [-0.25, -0.2) is 9.36 Å². The topological polar surface area (TPSA) is 103 Å². The van der Waals surface area contributed by atoms with Crippen molar-refractivity contribution in [3.63, 3.8) is 0 Å². The fourth-order valence-corrected chi connectivity index (χ4v) is 2.44. The number of nitrogens with two attached hydrogens (primary N) is 1. The van der Waals surface area contributed by atoms with Crippen LogP contribution in [0.2, 0.25) is 0 Å². The maximum Gasteiger partial charge on any atom is 0.258 e. The van der Waals surface area contributed by atoms with Crippen molar-refractivity contribution in [1.29, 1.82) is 0 Å². The summed E-state index contributed by atoms with van der Waals surface area (Å²) >= 11 is 1.21. The van der Waals surface area contributed by atoms with Crippen LogP contribution >= 0.6 is 11.5 Å².